The van der Waals surface area contributed by atoms with Gasteiger partial charge in [0.15, 0.2) is 15.1 Å². The summed E-state index contributed by atoms with van der Waals surface area (Å²) in [6.45, 7) is 1.66. The molecule has 10 heteroatoms. The number of sulfone groups is 1. The monoisotopic (exact) mass is 326 g/mol. The van der Waals surface area contributed by atoms with Gasteiger partial charge >= 0.3 is 18.1 Å². The molecule has 0 fully saturated rings. The Morgan fingerprint density at radius 2 is 1.70 bits per heavy atom. The molecule has 0 saturated carbocycles. The maximum Gasteiger partial charge on any atom is 0.453 e. The van der Waals surface area contributed by atoms with Crippen molar-refractivity contribution in [1.29, 1.82) is 0 Å². The minimum absolute atomic E-state index is 0.214. The van der Waals surface area contributed by atoms with E-state index in [4.69, 9.17) is 5.11 Å². The Bertz CT molecular complexity index is 429. The van der Waals surface area contributed by atoms with Crippen LogP contribution in [-0.2, 0) is 14.6 Å². The van der Waals surface area contributed by atoms with Crippen molar-refractivity contribution in [2.75, 3.05) is 5.75 Å². The first kappa shape index (κ1) is 19.1. The summed E-state index contributed by atoms with van der Waals surface area (Å²) in [5.74, 6) is -8.43. The third-order valence-corrected chi connectivity index (χ3v) is 4.72. The first-order chi connectivity index (χ1) is 8.85. The highest BCUT2D eigenvalue weighted by Gasteiger charge is 2.57. The number of hydrogen-bond donors (Lipinski definition) is 1. The largest absolute Gasteiger partial charge is 0.480 e. The van der Waals surface area contributed by atoms with Crippen LogP contribution < -0.4 is 0 Å². The fourth-order valence-corrected chi connectivity index (χ4v) is 3.06. The van der Waals surface area contributed by atoms with Crippen molar-refractivity contribution in [3.05, 3.63) is 0 Å². The molecule has 0 saturated heterocycles. The van der Waals surface area contributed by atoms with Crippen molar-refractivity contribution in [3.63, 3.8) is 0 Å². The van der Waals surface area contributed by atoms with Crippen molar-refractivity contribution in [2.45, 2.75) is 50.0 Å². The molecule has 1 unspecified atom stereocenters. The van der Waals surface area contributed by atoms with Crippen molar-refractivity contribution >= 4 is 15.8 Å². The van der Waals surface area contributed by atoms with Gasteiger partial charge in [0.2, 0.25) is 0 Å². The zero-order valence-corrected chi connectivity index (χ0v) is 11.4. The predicted molar refractivity (Wildman–Crippen MR) is 60.4 cm³/mol. The van der Waals surface area contributed by atoms with Crippen LogP contribution in [0.25, 0.3) is 0 Å². The van der Waals surface area contributed by atoms with Crippen LogP contribution in [0.5, 0.6) is 0 Å². The fourth-order valence-electron chi connectivity index (χ4n) is 1.40. The number of halogens is 5. The van der Waals surface area contributed by atoms with Crippen LogP contribution in [0.4, 0.5) is 22.0 Å². The molecule has 0 aromatic carbocycles. The second kappa shape index (κ2) is 6.68. The Morgan fingerprint density at radius 3 is 2.05 bits per heavy atom. The minimum Gasteiger partial charge on any atom is -0.480 e. The van der Waals surface area contributed by atoms with E-state index in [1.807, 2.05) is 0 Å². The molecule has 0 rings (SSSR count). The summed E-state index contributed by atoms with van der Waals surface area (Å²) in [6.07, 6.45) is -7.46. The first-order valence-corrected chi connectivity index (χ1v) is 7.45. The number of carboxylic acid groups (broad SMARTS) is 1. The quantitative estimate of drug-likeness (QED) is 0.696. The summed E-state index contributed by atoms with van der Waals surface area (Å²) in [6, 6.07) is 0. The van der Waals surface area contributed by atoms with Crippen molar-refractivity contribution in [1.82, 2.24) is 0 Å². The van der Waals surface area contributed by atoms with Gasteiger partial charge in [-0.2, -0.15) is 22.0 Å². The molecule has 0 spiro atoms. The Kier molecular flexibility index (Phi) is 6.37. The molecule has 0 amide bonds. The number of carboxylic acids is 1. The van der Waals surface area contributed by atoms with Gasteiger partial charge < -0.3 is 5.11 Å². The molecule has 0 radical (unpaired) electrons. The predicted octanol–water partition coefficient (Wildman–Crippen LogP) is 2.63. The second-order valence-corrected chi connectivity index (χ2v) is 6.59. The molecule has 0 aromatic heterocycles. The van der Waals surface area contributed by atoms with E-state index < -0.39 is 45.3 Å². The lowest BCUT2D eigenvalue weighted by Crippen LogP contribution is -2.40. The summed E-state index contributed by atoms with van der Waals surface area (Å²) in [7, 11) is -4.57. The smallest absolute Gasteiger partial charge is 0.453 e. The highest BCUT2D eigenvalue weighted by Crippen LogP contribution is 2.38. The number of alkyl halides is 5. The third-order valence-electron chi connectivity index (χ3n) is 2.64. The standard InChI is InChI=1S/C10H15F5O4S/c1-2-3-4-7(8(16)17)20(18,19)6-5-9(11,12)10(13,14)15/h7H,2-6H2,1H3,(H,16,17). The molecule has 4 nitrogen and oxygen atoms in total. The molecule has 0 aliphatic carbocycles. The Morgan fingerprint density at radius 1 is 1.20 bits per heavy atom. The molecule has 1 N–H and O–H groups in total. The zero-order chi connectivity index (χ0) is 16.2. The molecule has 0 aliphatic heterocycles. The number of hydrogen-bond acceptors (Lipinski definition) is 3. The van der Waals surface area contributed by atoms with Crippen LogP contribution >= 0.6 is 0 Å². The molecular weight excluding hydrogens is 311 g/mol. The minimum atomic E-state index is -5.86. The Labute approximate surface area is 112 Å². The van der Waals surface area contributed by atoms with Gasteiger partial charge in [0.25, 0.3) is 0 Å². The normalized spacial score (nSPS) is 15.1. The van der Waals surface area contributed by atoms with Crippen LogP contribution in [0, 0.1) is 0 Å². The van der Waals surface area contributed by atoms with E-state index in [2.05, 4.69) is 0 Å². The molecule has 120 valence electrons. The number of rotatable bonds is 8. The summed E-state index contributed by atoms with van der Waals surface area (Å²) in [5.41, 5.74) is 0. The summed E-state index contributed by atoms with van der Waals surface area (Å²) in [4.78, 5) is 10.8. The molecule has 0 heterocycles. The molecule has 20 heavy (non-hydrogen) atoms. The number of unbranched alkanes of at least 4 members (excludes halogenated alkanes) is 1. The van der Waals surface area contributed by atoms with Crippen LogP contribution in [0.15, 0.2) is 0 Å². The summed E-state index contributed by atoms with van der Waals surface area (Å²) in [5, 5.41) is 6.78. The van der Waals surface area contributed by atoms with E-state index in [9.17, 15) is 35.2 Å². The molecule has 0 aromatic rings. The van der Waals surface area contributed by atoms with E-state index in [-0.39, 0.29) is 12.8 Å². The van der Waals surface area contributed by atoms with E-state index in [0.29, 0.717) is 6.42 Å². The Hall–Kier alpha value is -0.930. The van der Waals surface area contributed by atoms with Gasteiger partial charge in [0, 0.05) is 6.42 Å². The van der Waals surface area contributed by atoms with Crippen molar-refractivity contribution in [2.24, 2.45) is 0 Å². The fraction of sp³-hybridized carbons (Fsp3) is 0.900. The van der Waals surface area contributed by atoms with Crippen LogP contribution in [0.1, 0.15) is 32.6 Å². The lowest BCUT2D eigenvalue weighted by molar-refractivity contribution is -0.282. The van der Waals surface area contributed by atoms with Gasteiger partial charge in [0.1, 0.15) is 0 Å². The highest BCUT2D eigenvalue weighted by molar-refractivity contribution is 7.92. The zero-order valence-electron chi connectivity index (χ0n) is 10.6. The lowest BCUT2D eigenvalue weighted by Gasteiger charge is -2.20. The summed E-state index contributed by atoms with van der Waals surface area (Å²) < 4.78 is 84.2. The van der Waals surface area contributed by atoms with Crippen LogP contribution in [-0.4, -0.2) is 42.6 Å². The van der Waals surface area contributed by atoms with Crippen LogP contribution in [0.3, 0.4) is 0 Å². The maximum atomic E-state index is 12.6. The average Bonchev–Trinajstić information content (AvgIpc) is 2.25. The third kappa shape index (κ3) is 5.22. The van der Waals surface area contributed by atoms with E-state index in [1.54, 1.807) is 6.92 Å². The summed E-state index contributed by atoms with van der Waals surface area (Å²) >= 11 is 0. The first-order valence-electron chi connectivity index (χ1n) is 5.74. The van der Waals surface area contributed by atoms with Gasteiger partial charge in [-0.1, -0.05) is 19.8 Å². The molecular formula is C10H15F5O4S. The number of aliphatic carboxylic acids is 1. The second-order valence-electron chi connectivity index (χ2n) is 4.29. The topological polar surface area (TPSA) is 71.4 Å². The SMILES string of the molecule is CCCCC(C(=O)O)S(=O)(=O)CCC(F)(F)C(F)(F)F. The van der Waals surface area contributed by atoms with Gasteiger partial charge in [0.05, 0.1) is 5.75 Å². The van der Waals surface area contributed by atoms with E-state index >= 15 is 0 Å². The lowest BCUT2D eigenvalue weighted by atomic mass is 10.2. The van der Waals surface area contributed by atoms with Crippen LogP contribution in [0.2, 0.25) is 0 Å². The van der Waals surface area contributed by atoms with Crippen molar-refractivity contribution < 1.29 is 40.3 Å². The maximum absolute atomic E-state index is 12.6. The number of carbonyl (C=O) groups is 1. The van der Waals surface area contributed by atoms with E-state index in [0.717, 1.165) is 0 Å². The van der Waals surface area contributed by atoms with E-state index in [1.165, 1.54) is 0 Å². The van der Waals surface area contributed by atoms with Gasteiger partial charge in [-0.15, -0.1) is 0 Å². The van der Waals surface area contributed by atoms with Crippen molar-refractivity contribution in [3.8, 4) is 0 Å². The average molecular weight is 326 g/mol. The van der Waals surface area contributed by atoms with Gasteiger partial charge in [-0.05, 0) is 6.42 Å². The van der Waals surface area contributed by atoms with Gasteiger partial charge in [-0.3, -0.25) is 4.79 Å². The molecule has 0 aliphatic rings. The Balaban J connectivity index is 4.93. The van der Waals surface area contributed by atoms with Gasteiger partial charge in [-0.25, -0.2) is 8.42 Å². The molecule has 0 bridgehead atoms. The molecule has 1 atom stereocenters. The highest BCUT2D eigenvalue weighted by atomic mass is 32.2.